The van der Waals surface area contributed by atoms with Crippen molar-refractivity contribution in [2.24, 2.45) is 0 Å². The summed E-state index contributed by atoms with van der Waals surface area (Å²) in [6.45, 7) is 1.46. The van der Waals surface area contributed by atoms with E-state index in [0.29, 0.717) is 27.7 Å². The Balaban J connectivity index is 1.69. The number of fused-ring (bicyclic) bond motifs is 1. The first-order valence-corrected chi connectivity index (χ1v) is 8.15. The molecule has 0 fully saturated rings. The second kappa shape index (κ2) is 7.31. The third kappa shape index (κ3) is 4.03. The molecule has 0 bridgehead atoms. The van der Waals surface area contributed by atoms with E-state index in [0.717, 1.165) is 0 Å². The molecule has 5 nitrogen and oxygen atoms in total. The van der Waals surface area contributed by atoms with Crippen LogP contribution in [0.1, 0.15) is 29.3 Å². The van der Waals surface area contributed by atoms with E-state index in [1.54, 1.807) is 36.4 Å². The van der Waals surface area contributed by atoms with Gasteiger partial charge in [-0.15, -0.1) is 0 Å². The van der Waals surface area contributed by atoms with E-state index in [1.807, 2.05) is 0 Å². The number of nitrogens with one attached hydrogen (secondary N) is 2. The number of ketones is 1. The van der Waals surface area contributed by atoms with Gasteiger partial charge >= 0.3 is 0 Å². The summed E-state index contributed by atoms with van der Waals surface area (Å²) in [6.07, 6.45) is 0.362. The zero-order chi connectivity index (χ0) is 18.7. The average Bonchev–Trinajstić information content (AvgIpc) is 2.60. The number of anilines is 1. The van der Waals surface area contributed by atoms with Gasteiger partial charge in [0.15, 0.2) is 5.78 Å². The smallest absolute Gasteiger partial charge is 0.251 e. The van der Waals surface area contributed by atoms with Crippen molar-refractivity contribution in [3.05, 3.63) is 75.8 Å². The highest BCUT2D eigenvalue weighted by molar-refractivity contribution is 5.97. The van der Waals surface area contributed by atoms with Crippen molar-refractivity contribution in [1.82, 2.24) is 4.98 Å². The molecule has 3 aromatic rings. The number of amides is 1. The lowest BCUT2D eigenvalue weighted by molar-refractivity contribution is -0.116. The van der Waals surface area contributed by atoms with Gasteiger partial charge in [0.25, 0.3) is 5.56 Å². The van der Waals surface area contributed by atoms with Gasteiger partial charge in [-0.1, -0.05) is 12.1 Å². The van der Waals surface area contributed by atoms with E-state index >= 15 is 0 Å². The molecular weight excluding hydrogens is 335 g/mol. The molecule has 132 valence electrons. The maximum Gasteiger partial charge on any atom is 0.251 e. The third-order valence-corrected chi connectivity index (χ3v) is 4.06. The van der Waals surface area contributed by atoms with Gasteiger partial charge in [0.1, 0.15) is 5.82 Å². The van der Waals surface area contributed by atoms with Crippen molar-refractivity contribution in [2.75, 3.05) is 5.32 Å². The van der Waals surface area contributed by atoms with Crippen molar-refractivity contribution in [2.45, 2.75) is 19.8 Å². The van der Waals surface area contributed by atoms with Crippen LogP contribution in [0.5, 0.6) is 0 Å². The summed E-state index contributed by atoms with van der Waals surface area (Å²) in [6, 6.07) is 12.5. The topological polar surface area (TPSA) is 79.0 Å². The van der Waals surface area contributed by atoms with E-state index < -0.39 is 5.82 Å². The molecule has 0 saturated heterocycles. The van der Waals surface area contributed by atoms with Gasteiger partial charge in [-0.25, -0.2) is 4.39 Å². The van der Waals surface area contributed by atoms with Gasteiger partial charge in [0.2, 0.25) is 5.91 Å². The minimum atomic E-state index is -0.423. The number of benzene rings is 2. The van der Waals surface area contributed by atoms with Crippen LogP contribution in [0.2, 0.25) is 0 Å². The lowest BCUT2D eigenvalue weighted by atomic mass is 10.1. The largest absolute Gasteiger partial charge is 0.326 e. The quantitative estimate of drug-likeness (QED) is 0.691. The van der Waals surface area contributed by atoms with Gasteiger partial charge in [-0.2, -0.15) is 0 Å². The molecule has 26 heavy (non-hydrogen) atoms. The number of carbonyl (C=O) groups excluding carboxylic acids is 2. The molecule has 0 spiro atoms. The molecule has 2 N–H and O–H groups in total. The number of hydrogen-bond donors (Lipinski definition) is 2. The highest BCUT2D eigenvalue weighted by Gasteiger charge is 2.09. The Morgan fingerprint density at radius 1 is 1.12 bits per heavy atom. The van der Waals surface area contributed by atoms with Crippen LogP contribution < -0.4 is 10.9 Å². The number of halogens is 1. The van der Waals surface area contributed by atoms with Crippen LogP contribution in [0.15, 0.2) is 53.3 Å². The molecule has 6 heteroatoms. The van der Waals surface area contributed by atoms with Crippen molar-refractivity contribution in [3.8, 4) is 0 Å². The van der Waals surface area contributed by atoms with Crippen LogP contribution in [0, 0.1) is 5.82 Å². The van der Waals surface area contributed by atoms with Gasteiger partial charge in [0, 0.05) is 23.2 Å². The first-order chi connectivity index (χ1) is 12.4. The zero-order valence-corrected chi connectivity index (χ0v) is 14.1. The number of hydrogen-bond acceptors (Lipinski definition) is 3. The van der Waals surface area contributed by atoms with Gasteiger partial charge in [0.05, 0.1) is 5.52 Å². The molecule has 0 unspecified atom stereocenters. The molecule has 1 aromatic heterocycles. The molecule has 3 rings (SSSR count). The first-order valence-electron chi connectivity index (χ1n) is 8.15. The standard InChI is InChI=1S/C20H17FN2O3/c1-12(24)13-3-2-4-17(10-13)22-19(25)8-6-15-9-14-5-7-16(21)11-18(14)23-20(15)26/h2-5,7,9-11H,6,8H2,1H3,(H,22,25)(H,23,26). The van der Waals surface area contributed by atoms with Gasteiger partial charge < -0.3 is 10.3 Å². The number of aromatic nitrogens is 1. The number of aromatic amines is 1. The monoisotopic (exact) mass is 352 g/mol. The van der Waals surface area contributed by atoms with Gasteiger partial charge in [-0.3, -0.25) is 14.4 Å². The maximum absolute atomic E-state index is 13.2. The first kappa shape index (κ1) is 17.5. The van der Waals surface area contributed by atoms with Crippen LogP contribution in [0.25, 0.3) is 10.9 Å². The molecule has 0 radical (unpaired) electrons. The summed E-state index contributed by atoms with van der Waals surface area (Å²) in [4.78, 5) is 38.2. The fourth-order valence-corrected chi connectivity index (χ4v) is 2.69. The fourth-order valence-electron chi connectivity index (χ4n) is 2.69. The summed E-state index contributed by atoms with van der Waals surface area (Å²) >= 11 is 0. The molecule has 0 atom stereocenters. The Morgan fingerprint density at radius 3 is 2.69 bits per heavy atom. The van der Waals surface area contributed by atoms with E-state index in [9.17, 15) is 18.8 Å². The second-order valence-corrected chi connectivity index (χ2v) is 6.04. The summed E-state index contributed by atoms with van der Waals surface area (Å²) in [5.41, 5.74) is 1.59. The van der Waals surface area contributed by atoms with Crippen molar-refractivity contribution in [1.29, 1.82) is 0 Å². The summed E-state index contributed by atoms with van der Waals surface area (Å²) in [7, 11) is 0. The van der Waals surface area contributed by atoms with Crippen LogP contribution >= 0.6 is 0 Å². The van der Waals surface area contributed by atoms with Crippen molar-refractivity contribution in [3.63, 3.8) is 0 Å². The summed E-state index contributed by atoms with van der Waals surface area (Å²) in [5, 5.41) is 3.42. The predicted octanol–water partition coefficient (Wildman–Crippen LogP) is 3.44. The summed E-state index contributed by atoms with van der Waals surface area (Å²) in [5.74, 6) is -0.766. The maximum atomic E-state index is 13.2. The lowest BCUT2D eigenvalue weighted by Crippen LogP contribution is -2.17. The normalized spacial score (nSPS) is 10.7. The highest BCUT2D eigenvalue weighted by Crippen LogP contribution is 2.14. The van der Waals surface area contributed by atoms with Crippen molar-refractivity contribution >= 4 is 28.3 Å². The van der Waals surface area contributed by atoms with Gasteiger partial charge in [-0.05, 0) is 55.1 Å². The zero-order valence-electron chi connectivity index (χ0n) is 14.1. The number of pyridine rings is 1. The summed E-state index contributed by atoms with van der Waals surface area (Å²) < 4.78 is 13.2. The number of aryl methyl sites for hydroxylation is 1. The minimum absolute atomic E-state index is 0.0831. The molecule has 0 saturated carbocycles. The predicted molar refractivity (Wildman–Crippen MR) is 97.9 cm³/mol. The fraction of sp³-hybridized carbons (Fsp3) is 0.150. The molecular formula is C20H17FN2O3. The molecule has 1 amide bonds. The lowest BCUT2D eigenvalue weighted by Gasteiger charge is -2.07. The van der Waals surface area contributed by atoms with E-state index in [-0.39, 0.29) is 30.1 Å². The number of H-pyrrole nitrogens is 1. The molecule has 0 aliphatic carbocycles. The number of rotatable bonds is 5. The van der Waals surface area contributed by atoms with E-state index in [1.165, 1.54) is 19.1 Å². The third-order valence-electron chi connectivity index (χ3n) is 4.06. The molecule has 0 aliphatic heterocycles. The Labute approximate surface area is 148 Å². The van der Waals surface area contributed by atoms with Crippen molar-refractivity contribution < 1.29 is 14.0 Å². The van der Waals surface area contributed by atoms with Crippen LogP contribution in [-0.4, -0.2) is 16.7 Å². The van der Waals surface area contributed by atoms with E-state index in [4.69, 9.17) is 0 Å². The Bertz CT molecular complexity index is 1060. The number of Topliss-reactive ketones (excluding diaryl/α,β-unsaturated/α-hetero) is 1. The number of carbonyl (C=O) groups is 2. The second-order valence-electron chi connectivity index (χ2n) is 6.04. The Hall–Kier alpha value is -3.28. The van der Waals surface area contributed by atoms with Crippen LogP contribution in [-0.2, 0) is 11.2 Å². The molecule has 1 heterocycles. The highest BCUT2D eigenvalue weighted by atomic mass is 19.1. The van der Waals surface area contributed by atoms with Crippen LogP contribution in [0.3, 0.4) is 0 Å². The SMILES string of the molecule is CC(=O)c1cccc(NC(=O)CCc2cc3ccc(F)cc3[nH]c2=O)c1. The average molecular weight is 352 g/mol. The van der Waals surface area contributed by atoms with E-state index in [2.05, 4.69) is 10.3 Å². The molecule has 2 aromatic carbocycles. The Kier molecular flexibility index (Phi) is 4.93. The Morgan fingerprint density at radius 2 is 1.92 bits per heavy atom. The molecule has 0 aliphatic rings. The van der Waals surface area contributed by atoms with Crippen LogP contribution in [0.4, 0.5) is 10.1 Å². The minimum Gasteiger partial charge on any atom is -0.326 e.